The minimum atomic E-state index is -2.84. The van der Waals surface area contributed by atoms with E-state index in [4.69, 9.17) is 0 Å². The number of rotatable bonds is 4. The maximum atomic E-state index is 11.4. The lowest BCUT2D eigenvalue weighted by Crippen LogP contribution is -2.20. The SMILES string of the molecule is O=S1(=O)CC[C@H](Nc2ccc(Nc3ccccc3)cc2)C1. The summed E-state index contributed by atoms with van der Waals surface area (Å²) < 4.78 is 22.9. The summed E-state index contributed by atoms with van der Waals surface area (Å²) in [5.74, 6) is 0.523. The van der Waals surface area contributed by atoms with Crippen molar-refractivity contribution in [1.82, 2.24) is 0 Å². The molecule has 1 fully saturated rings. The topological polar surface area (TPSA) is 58.2 Å². The molecule has 2 N–H and O–H groups in total. The first-order valence-electron chi connectivity index (χ1n) is 7.00. The van der Waals surface area contributed by atoms with Crippen molar-refractivity contribution in [1.29, 1.82) is 0 Å². The van der Waals surface area contributed by atoms with Gasteiger partial charge in [0, 0.05) is 23.1 Å². The highest BCUT2D eigenvalue weighted by atomic mass is 32.2. The lowest BCUT2D eigenvalue weighted by molar-refractivity contribution is 0.602. The van der Waals surface area contributed by atoms with Crippen molar-refractivity contribution in [3.63, 3.8) is 0 Å². The molecule has 0 radical (unpaired) electrons. The van der Waals surface area contributed by atoms with Gasteiger partial charge >= 0.3 is 0 Å². The summed E-state index contributed by atoms with van der Waals surface area (Å²) >= 11 is 0. The molecule has 1 saturated heterocycles. The third kappa shape index (κ3) is 3.76. The van der Waals surface area contributed by atoms with Crippen LogP contribution in [-0.4, -0.2) is 26.0 Å². The van der Waals surface area contributed by atoms with Crippen LogP contribution in [0.2, 0.25) is 0 Å². The van der Waals surface area contributed by atoms with Crippen LogP contribution >= 0.6 is 0 Å². The molecule has 1 atom stereocenters. The number of benzene rings is 2. The minimum Gasteiger partial charge on any atom is -0.381 e. The molecule has 2 aromatic carbocycles. The zero-order chi connectivity index (χ0) is 14.7. The molecule has 0 aromatic heterocycles. The molecule has 2 aromatic rings. The van der Waals surface area contributed by atoms with Crippen LogP contribution in [0.25, 0.3) is 0 Å². The Kier molecular flexibility index (Phi) is 3.84. The summed E-state index contributed by atoms with van der Waals surface area (Å²) in [6.07, 6.45) is 0.687. The third-order valence-corrected chi connectivity index (χ3v) is 5.32. The fraction of sp³-hybridized carbons (Fsp3) is 0.250. The number of hydrogen-bond donors (Lipinski definition) is 2. The highest BCUT2D eigenvalue weighted by Crippen LogP contribution is 2.21. The maximum Gasteiger partial charge on any atom is 0.152 e. The summed E-state index contributed by atoms with van der Waals surface area (Å²) in [5.41, 5.74) is 3.00. The average Bonchev–Trinajstić information content (AvgIpc) is 2.81. The van der Waals surface area contributed by atoms with E-state index in [0.29, 0.717) is 6.42 Å². The number of hydrogen-bond acceptors (Lipinski definition) is 4. The Labute approximate surface area is 125 Å². The van der Waals surface area contributed by atoms with Gasteiger partial charge < -0.3 is 10.6 Å². The van der Waals surface area contributed by atoms with Gasteiger partial charge in [-0.2, -0.15) is 0 Å². The van der Waals surface area contributed by atoms with Gasteiger partial charge in [-0.05, 0) is 42.8 Å². The van der Waals surface area contributed by atoms with E-state index in [0.717, 1.165) is 17.1 Å². The monoisotopic (exact) mass is 302 g/mol. The van der Waals surface area contributed by atoms with Gasteiger partial charge in [0.15, 0.2) is 9.84 Å². The van der Waals surface area contributed by atoms with Crippen molar-refractivity contribution in [2.45, 2.75) is 12.5 Å². The second kappa shape index (κ2) is 5.77. The van der Waals surface area contributed by atoms with E-state index in [-0.39, 0.29) is 17.5 Å². The lowest BCUT2D eigenvalue weighted by atomic mass is 10.2. The molecule has 1 aliphatic heterocycles. The first-order valence-corrected chi connectivity index (χ1v) is 8.82. The molecule has 4 nitrogen and oxygen atoms in total. The second-order valence-electron chi connectivity index (χ2n) is 5.31. The van der Waals surface area contributed by atoms with E-state index >= 15 is 0 Å². The van der Waals surface area contributed by atoms with Gasteiger partial charge in [0.2, 0.25) is 0 Å². The molecule has 0 amide bonds. The van der Waals surface area contributed by atoms with Crippen LogP contribution < -0.4 is 10.6 Å². The van der Waals surface area contributed by atoms with Crippen LogP contribution in [0.5, 0.6) is 0 Å². The molecule has 0 aliphatic carbocycles. The van der Waals surface area contributed by atoms with E-state index in [1.165, 1.54) is 0 Å². The molecule has 0 bridgehead atoms. The lowest BCUT2D eigenvalue weighted by Gasteiger charge is -2.13. The van der Waals surface area contributed by atoms with Crippen molar-refractivity contribution in [2.75, 3.05) is 22.1 Å². The predicted molar refractivity (Wildman–Crippen MR) is 86.8 cm³/mol. The first kappa shape index (κ1) is 13.9. The summed E-state index contributed by atoms with van der Waals surface area (Å²) in [5, 5.41) is 6.59. The van der Waals surface area contributed by atoms with Gasteiger partial charge in [0.05, 0.1) is 11.5 Å². The van der Waals surface area contributed by atoms with Crippen LogP contribution in [0.15, 0.2) is 54.6 Å². The first-order chi connectivity index (χ1) is 10.1. The molecule has 21 heavy (non-hydrogen) atoms. The molecule has 1 heterocycles. The van der Waals surface area contributed by atoms with E-state index in [2.05, 4.69) is 10.6 Å². The molecule has 1 aliphatic rings. The standard InChI is InChI=1S/C16H18N2O2S/c19-21(20)11-10-16(12-21)18-15-8-6-14(7-9-15)17-13-4-2-1-3-5-13/h1-9,16-18H,10-12H2/t16-/m0/s1. The fourth-order valence-electron chi connectivity index (χ4n) is 2.48. The molecule has 110 valence electrons. The quantitative estimate of drug-likeness (QED) is 0.911. The van der Waals surface area contributed by atoms with E-state index in [1.54, 1.807) is 0 Å². The number of sulfone groups is 1. The number of nitrogens with one attached hydrogen (secondary N) is 2. The van der Waals surface area contributed by atoms with Gasteiger partial charge in [-0.25, -0.2) is 8.42 Å². The maximum absolute atomic E-state index is 11.4. The highest BCUT2D eigenvalue weighted by Gasteiger charge is 2.27. The Morgan fingerprint density at radius 2 is 1.48 bits per heavy atom. The summed E-state index contributed by atoms with van der Waals surface area (Å²) in [7, 11) is -2.84. The Hall–Kier alpha value is -2.01. The Bertz CT molecular complexity index is 697. The van der Waals surface area contributed by atoms with Crippen LogP contribution in [0, 0.1) is 0 Å². The van der Waals surface area contributed by atoms with Crippen molar-refractivity contribution in [3.8, 4) is 0 Å². The minimum absolute atomic E-state index is 0.0305. The fourth-order valence-corrected chi connectivity index (χ4v) is 4.16. The van der Waals surface area contributed by atoms with Gasteiger partial charge in [-0.15, -0.1) is 0 Å². The summed E-state index contributed by atoms with van der Waals surface area (Å²) in [6, 6.07) is 17.9. The van der Waals surface area contributed by atoms with E-state index in [9.17, 15) is 8.42 Å². The van der Waals surface area contributed by atoms with Crippen LogP contribution in [0.1, 0.15) is 6.42 Å². The number of anilines is 3. The third-order valence-electron chi connectivity index (χ3n) is 3.55. The van der Waals surface area contributed by atoms with Gasteiger partial charge in [-0.1, -0.05) is 18.2 Å². The largest absolute Gasteiger partial charge is 0.381 e. The van der Waals surface area contributed by atoms with Crippen LogP contribution in [-0.2, 0) is 9.84 Å². The van der Waals surface area contributed by atoms with Crippen molar-refractivity contribution >= 4 is 26.9 Å². The summed E-state index contributed by atoms with van der Waals surface area (Å²) in [6.45, 7) is 0. The van der Waals surface area contributed by atoms with Gasteiger partial charge in [0.1, 0.15) is 0 Å². The van der Waals surface area contributed by atoms with Crippen molar-refractivity contribution in [3.05, 3.63) is 54.6 Å². The van der Waals surface area contributed by atoms with Crippen molar-refractivity contribution in [2.24, 2.45) is 0 Å². The Balaban J connectivity index is 1.62. The van der Waals surface area contributed by atoms with E-state index < -0.39 is 9.84 Å². The molecule has 3 rings (SSSR count). The van der Waals surface area contributed by atoms with Crippen molar-refractivity contribution < 1.29 is 8.42 Å². The van der Waals surface area contributed by atoms with E-state index in [1.807, 2.05) is 54.6 Å². The Morgan fingerprint density at radius 3 is 2.10 bits per heavy atom. The molecule has 0 unspecified atom stereocenters. The second-order valence-corrected chi connectivity index (χ2v) is 7.54. The molecular weight excluding hydrogens is 284 g/mol. The highest BCUT2D eigenvalue weighted by molar-refractivity contribution is 7.91. The Morgan fingerprint density at radius 1 is 0.857 bits per heavy atom. The molecule has 5 heteroatoms. The zero-order valence-electron chi connectivity index (χ0n) is 11.6. The van der Waals surface area contributed by atoms with Gasteiger partial charge in [-0.3, -0.25) is 0 Å². The molecule has 0 saturated carbocycles. The molecule has 0 spiro atoms. The van der Waals surface area contributed by atoms with Gasteiger partial charge in [0.25, 0.3) is 0 Å². The smallest absolute Gasteiger partial charge is 0.152 e. The summed E-state index contributed by atoms with van der Waals surface area (Å²) in [4.78, 5) is 0. The average molecular weight is 302 g/mol. The molecular formula is C16H18N2O2S. The van der Waals surface area contributed by atoms with Crippen LogP contribution in [0.4, 0.5) is 17.1 Å². The zero-order valence-corrected chi connectivity index (χ0v) is 12.4. The van der Waals surface area contributed by atoms with Crippen LogP contribution in [0.3, 0.4) is 0 Å². The predicted octanol–water partition coefficient (Wildman–Crippen LogP) is 3.03. The normalized spacial score (nSPS) is 20.1. The number of para-hydroxylation sites is 1.